The number of hydrogen-bond acceptors (Lipinski definition) is 3. The Kier molecular flexibility index (Phi) is 4.45. The van der Waals surface area contributed by atoms with Crippen molar-refractivity contribution in [1.82, 2.24) is 0 Å². The molecule has 46 valence electrons. The first-order chi connectivity index (χ1) is 3.81. The molecule has 0 heterocycles. The van der Waals surface area contributed by atoms with Crippen molar-refractivity contribution < 1.29 is 9.53 Å². The molecule has 0 atom stereocenters. The summed E-state index contributed by atoms with van der Waals surface area (Å²) in [5.41, 5.74) is 0. The maximum absolute atomic E-state index is 9.54. The first-order valence-electron chi connectivity index (χ1n) is 2.38. The highest BCUT2D eigenvalue weighted by atomic mass is 32.1. The molecule has 8 heavy (non-hydrogen) atoms. The molecule has 0 aromatic heterocycles. The van der Waals surface area contributed by atoms with Crippen molar-refractivity contribution in [3.8, 4) is 0 Å². The van der Waals surface area contributed by atoms with Gasteiger partial charge in [-0.3, -0.25) is 4.79 Å². The molecule has 0 N–H and O–H groups in total. The minimum Gasteiger partial charge on any atom is -0.462 e. The van der Waals surface area contributed by atoms with Crippen molar-refractivity contribution in [3.05, 3.63) is 0 Å². The summed E-state index contributed by atoms with van der Waals surface area (Å²) in [7, 11) is 0. The largest absolute Gasteiger partial charge is 0.462 e. The Labute approximate surface area is 53.8 Å². The van der Waals surface area contributed by atoms with Crippen LogP contribution in [0.4, 0.5) is 0 Å². The topological polar surface area (TPSA) is 26.3 Å². The lowest BCUT2D eigenvalue weighted by Crippen LogP contribution is -2.02. The molecule has 0 amide bonds. The van der Waals surface area contributed by atoms with E-state index < -0.39 is 0 Å². The number of carbonyl (C=O) groups excluding carboxylic acids is 1. The normalized spacial score (nSPS) is 8.12. The fourth-order valence-electron chi connectivity index (χ4n) is 0.229. The summed E-state index contributed by atoms with van der Waals surface area (Å²) in [4.78, 5) is 10.3. The molecule has 0 aliphatic rings. The molecule has 0 rings (SSSR count). The van der Waals surface area contributed by atoms with Crippen LogP contribution in [0.15, 0.2) is 0 Å². The van der Waals surface area contributed by atoms with E-state index >= 15 is 0 Å². The second kappa shape index (κ2) is 4.71. The molecular formula is C5H8O2S. The predicted molar refractivity (Wildman–Crippen MR) is 34.9 cm³/mol. The molecule has 0 radical (unpaired) electrons. The number of carbonyl (C=O) groups is 1. The zero-order valence-electron chi connectivity index (χ0n) is 4.72. The smallest absolute Gasteiger partial charge is 0.293 e. The monoisotopic (exact) mass is 132 g/mol. The van der Waals surface area contributed by atoms with Crippen molar-refractivity contribution in [1.29, 1.82) is 0 Å². The van der Waals surface area contributed by atoms with E-state index in [9.17, 15) is 4.79 Å². The third-order valence-corrected chi connectivity index (χ3v) is 1.11. The number of rotatable bonds is 4. The van der Waals surface area contributed by atoms with Crippen molar-refractivity contribution in [3.63, 3.8) is 0 Å². The molecule has 2 nitrogen and oxygen atoms in total. The average Bonchev–Trinajstić information content (AvgIpc) is 1.83. The van der Waals surface area contributed by atoms with Gasteiger partial charge in [0.25, 0.3) is 6.47 Å². The van der Waals surface area contributed by atoms with Gasteiger partial charge in [-0.25, -0.2) is 0 Å². The summed E-state index contributed by atoms with van der Waals surface area (Å²) < 4.78 is 4.36. The fourth-order valence-corrected chi connectivity index (χ4v) is 0.297. The van der Waals surface area contributed by atoms with Gasteiger partial charge in [0.1, 0.15) is 6.61 Å². The molecule has 0 aliphatic heterocycles. The summed E-state index contributed by atoms with van der Waals surface area (Å²) in [5, 5.41) is 0. The lowest BCUT2D eigenvalue weighted by molar-refractivity contribution is -0.127. The summed E-state index contributed by atoms with van der Waals surface area (Å²) in [6, 6.07) is 0. The van der Waals surface area contributed by atoms with E-state index in [-0.39, 0.29) is 6.61 Å². The van der Waals surface area contributed by atoms with Gasteiger partial charge in [0.05, 0.1) is 0 Å². The summed E-state index contributed by atoms with van der Waals surface area (Å²) >= 11 is 4.74. The highest BCUT2D eigenvalue weighted by molar-refractivity contribution is 7.80. The van der Waals surface area contributed by atoms with Crippen LogP contribution < -0.4 is 0 Å². The lowest BCUT2D eigenvalue weighted by atomic mass is 10.4. The van der Waals surface area contributed by atoms with Crippen LogP contribution in [0.25, 0.3) is 0 Å². The first-order valence-corrected chi connectivity index (χ1v) is 2.79. The van der Waals surface area contributed by atoms with Crippen LogP contribution in [0.5, 0.6) is 0 Å². The minimum atomic E-state index is 0.287. The van der Waals surface area contributed by atoms with Gasteiger partial charge < -0.3 is 4.74 Å². The van der Waals surface area contributed by atoms with E-state index in [1.807, 2.05) is 6.92 Å². The first kappa shape index (κ1) is 7.56. The molecule has 0 aromatic rings. The van der Waals surface area contributed by atoms with Gasteiger partial charge in [-0.2, -0.15) is 0 Å². The van der Waals surface area contributed by atoms with Gasteiger partial charge >= 0.3 is 0 Å². The van der Waals surface area contributed by atoms with E-state index in [2.05, 4.69) is 4.74 Å². The number of ether oxygens (including phenoxy) is 1. The Morgan fingerprint density at radius 2 is 2.50 bits per heavy atom. The van der Waals surface area contributed by atoms with E-state index in [0.717, 1.165) is 11.3 Å². The van der Waals surface area contributed by atoms with E-state index in [0.29, 0.717) is 6.47 Å². The second-order valence-corrected chi connectivity index (χ2v) is 1.88. The quantitative estimate of drug-likeness (QED) is 0.420. The lowest BCUT2D eigenvalue weighted by Gasteiger charge is -1.94. The van der Waals surface area contributed by atoms with E-state index in [1.54, 1.807) is 0 Å². The Balaban J connectivity index is 3.11. The summed E-state index contributed by atoms with van der Waals surface area (Å²) in [5.74, 6) is 0. The molecule has 0 aliphatic carbocycles. The molecule has 0 fully saturated rings. The second-order valence-electron chi connectivity index (χ2n) is 1.30. The Morgan fingerprint density at radius 3 is 2.88 bits per heavy atom. The van der Waals surface area contributed by atoms with Crippen LogP contribution in [0.3, 0.4) is 0 Å². The van der Waals surface area contributed by atoms with E-state index in [1.165, 1.54) is 0 Å². The van der Waals surface area contributed by atoms with Crippen molar-refractivity contribution in [2.45, 2.75) is 13.3 Å². The molecule has 0 unspecified atom stereocenters. The highest BCUT2D eigenvalue weighted by Crippen LogP contribution is 1.83. The van der Waals surface area contributed by atoms with Crippen LogP contribution in [-0.4, -0.2) is 17.9 Å². The maximum atomic E-state index is 9.54. The molecule has 0 aromatic carbocycles. The van der Waals surface area contributed by atoms with Gasteiger partial charge in [-0.15, -0.1) is 0 Å². The van der Waals surface area contributed by atoms with Crippen molar-refractivity contribution in [2.24, 2.45) is 0 Å². The van der Waals surface area contributed by atoms with Crippen molar-refractivity contribution in [2.75, 3.05) is 6.61 Å². The van der Waals surface area contributed by atoms with Crippen LogP contribution in [0, 0.1) is 0 Å². The third-order valence-electron chi connectivity index (χ3n) is 0.707. The molecule has 0 bridgehead atoms. The standard InChI is InChI=1S/C5H8O2S/c1-2-5(8)3-7-4-6/h4H,2-3H2,1H3. The Bertz CT molecular complexity index is 90.4. The van der Waals surface area contributed by atoms with Gasteiger partial charge in [-0.05, 0) is 6.42 Å². The number of hydrogen-bond donors (Lipinski definition) is 0. The van der Waals surface area contributed by atoms with Crippen LogP contribution in [0.1, 0.15) is 13.3 Å². The maximum Gasteiger partial charge on any atom is 0.293 e. The number of thiocarbonyl (C=S) groups is 1. The van der Waals surface area contributed by atoms with Crippen LogP contribution in [-0.2, 0) is 9.53 Å². The fraction of sp³-hybridized carbons (Fsp3) is 0.600. The summed E-state index contributed by atoms with van der Waals surface area (Å²) in [6.07, 6.45) is 0.795. The van der Waals surface area contributed by atoms with Gasteiger partial charge in [0, 0.05) is 4.86 Å². The van der Waals surface area contributed by atoms with E-state index in [4.69, 9.17) is 12.2 Å². The van der Waals surface area contributed by atoms with Crippen LogP contribution in [0.2, 0.25) is 0 Å². The average molecular weight is 132 g/mol. The van der Waals surface area contributed by atoms with Crippen LogP contribution >= 0.6 is 12.2 Å². The molecular weight excluding hydrogens is 124 g/mol. The molecule has 0 saturated carbocycles. The predicted octanol–water partition coefficient (Wildman–Crippen LogP) is 0.939. The zero-order chi connectivity index (χ0) is 6.41. The molecule has 0 spiro atoms. The van der Waals surface area contributed by atoms with Gasteiger partial charge in [0.15, 0.2) is 0 Å². The Hall–Kier alpha value is -0.440. The highest BCUT2D eigenvalue weighted by Gasteiger charge is 1.89. The molecule has 0 saturated heterocycles. The van der Waals surface area contributed by atoms with Gasteiger partial charge in [0.2, 0.25) is 0 Å². The minimum absolute atomic E-state index is 0.287. The van der Waals surface area contributed by atoms with Crippen molar-refractivity contribution >= 4 is 23.6 Å². The zero-order valence-corrected chi connectivity index (χ0v) is 5.53. The molecule has 3 heteroatoms. The third kappa shape index (κ3) is 3.74. The summed E-state index contributed by atoms with van der Waals surface area (Å²) in [6.45, 7) is 2.62. The Morgan fingerprint density at radius 1 is 1.88 bits per heavy atom. The van der Waals surface area contributed by atoms with Gasteiger partial charge in [-0.1, -0.05) is 19.1 Å². The SMILES string of the molecule is CCC(=S)COC=O.